The summed E-state index contributed by atoms with van der Waals surface area (Å²) < 4.78 is 25.6. The fourth-order valence-corrected chi connectivity index (χ4v) is 3.72. The molecule has 0 fully saturated rings. The molecule has 0 unspecified atom stereocenters. The third kappa shape index (κ3) is 3.90. The quantitative estimate of drug-likeness (QED) is 0.882. The largest absolute Gasteiger partial charge is 0.347 e. The Kier molecular flexibility index (Phi) is 4.76. The normalized spacial score (nSPS) is 11.3. The lowest BCUT2D eigenvalue weighted by molar-refractivity contribution is 0.0955. The number of carbonyl (C=O) groups is 1. The Labute approximate surface area is 128 Å². The predicted molar refractivity (Wildman–Crippen MR) is 82.9 cm³/mol. The van der Waals surface area contributed by atoms with Crippen molar-refractivity contribution in [2.24, 2.45) is 0 Å². The van der Waals surface area contributed by atoms with E-state index in [0.717, 1.165) is 22.5 Å². The molecule has 7 heteroatoms. The van der Waals surface area contributed by atoms with Crippen LogP contribution in [-0.4, -0.2) is 21.4 Å². The van der Waals surface area contributed by atoms with E-state index in [0.29, 0.717) is 11.4 Å². The van der Waals surface area contributed by atoms with E-state index in [1.54, 1.807) is 0 Å². The molecular weight excluding hydrogens is 308 g/mol. The number of hydrogen-bond acceptors (Lipinski definition) is 4. The molecule has 1 heterocycles. The van der Waals surface area contributed by atoms with Gasteiger partial charge in [-0.3, -0.25) is 4.79 Å². The molecule has 5 nitrogen and oxygen atoms in total. The van der Waals surface area contributed by atoms with Gasteiger partial charge in [-0.05, 0) is 31.7 Å². The predicted octanol–water partition coefficient (Wildman–Crippen LogP) is 1.89. The summed E-state index contributed by atoms with van der Waals surface area (Å²) in [6, 6.07) is 10.8. The highest BCUT2D eigenvalue weighted by molar-refractivity contribution is 7.91. The minimum absolute atomic E-state index is 0.130. The van der Waals surface area contributed by atoms with Crippen LogP contribution in [-0.2, 0) is 16.6 Å². The second-order valence-electron chi connectivity index (χ2n) is 4.49. The van der Waals surface area contributed by atoms with Gasteiger partial charge in [-0.15, -0.1) is 11.3 Å². The van der Waals surface area contributed by atoms with E-state index in [1.807, 2.05) is 31.2 Å². The van der Waals surface area contributed by atoms with Crippen LogP contribution in [0, 0.1) is 6.92 Å². The van der Waals surface area contributed by atoms with Crippen LogP contribution < -0.4 is 10.0 Å². The van der Waals surface area contributed by atoms with E-state index in [2.05, 4.69) is 10.0 Å². The maximum Gasteiger partial charge on any atom is 0.261 e. The summed E-state index contributed by atoms with van der Waals surface area (Å²) >= 11 is 0.948. The number of nitrogens with one attached hydrogen (secondary N) is 2. The van der Waals surface area contributed by atoms with Gasteiger partial charge in [0, 0.05) is 6.54 Å². The number of rotatable bonds is 5. The molecule has 0 aliphatic rings. The van der Waals surface area contributed by atoms with Gasteiger partial charge < -0.3 is 5.32 Å². The Morgan fingerprint density at radius 2 is 1.81 bits per heavy atom. The van der Waals surface area contributed by atoms with Crippen LogP contribution in [0.2, 0.25) is 0 Å². The van der Waals surface area contributed by atoms with Crippen LogP contribution in [0.4, 0.5) is 0 Å². The lowest BCUT2D eigenvalue weighted by atomic mass is 10.1. The lowest BCUT2D eigenvalue weighted by Gasteiger charge is -2.04. The van der Waals surface area contributed by atoms with Gasteiger partial charge >= 0.3 is 0 Å². The highest BCUT2D eigenvalue weighted by Crippen LogP contribution is 2.21. The van der Waals surface area contributed by atoms with Gasteiger partial charge in [0.05, 0.1) is 4.88 Å². The zero-order chi connectivity index (χ0) is 15.5. The van der Waals surface area contributed by atoms with Crippen LogP contribution in [0.15, 0.2) is 40.6 Å². The zero-order valence-electron chi connectivity index (χ0n) is 11.7. The molecule has 0 saturated carbocycles. The second-order valence-corrected chi connectivity index (χ2v) is 7.69. The minimum atomic E-state index is -3.49. The van der Waals surface area contributed by atoms with Crippen LogP contribution in [0.3, 0.4) is 0 Å². The Hall–Kier alpha value is -1.70. The summed E-state index contributed by atoms with van der Waals surface area (Å²) in [5.41, 5.74) is 2.15. The molecule has 0 radical (unpaired) electrons. The van der Waals surface area contributed by atoms with E-state index in [4.69, 9.17) is 0 Å². The molecule has 2 rings (SSSR count). The molecular formula is C14H16N2O3S2. The van der Waals surface area contributed by atoms with Gasteiger partial charge in [-0.1, -0.05) is 29.8 Å². The molecule has 2 N–H and O–H groups in total. The van der Waals surface area contributed by atoms with E-state index in [1.165, 1.54) is 19.2 Å². The number of thiophene rings is 1. The smallest absolute Gasteiger partial charge is 0.261 e. The first-order valence-electron chi connectivity index (χ1n) is 6.29. The maximum atomic E-state index is 12.0. The summed E-state index contributed by atoms with van der Waals surface area (Å²) in [5.74, 6) is -0.280. The summed E-state index contributed by atoms with van der Waals surface area (Å²) in [6.45, 7) is 2.41. The zero-order valence-corrected chi connectivity index (χ0v) is 13.3. The van der Waals surface area contributed by atoms with Crippen molar-refractivity contribution >= 4 is 27.3 Å². The summed E-state index contributed by atoms with van der Waals surface area (Å²) in [7, 11) is -2.15. The maximum absolute atomic E-state index is 12.0. The number of carbonyl (C=O) groups excluding carboxylic acids is 1. The number of benzene rings is 1. The third-order valence-corrected chi connectivity index (χ3v) is 5.90. The number of hydrogen-bond donors (Lipinski definition) is 2. The van der Waals surface area contributed by atoms with E-state index < -0.39 is 10.0 Å². The first kappa shape index (κ1) is 15.7. The number of aryl methyl sites for hydroxylation is 1. The van der Waals surface area contributed by atoms with Crippen molar-refractivity contribution in [2.75, 3.05) is 7.05 Å². The molecule has 1 aromatic carbocycles. The molecule has 0 atom stereocenters. The van der Waals surface area contributed by atoms with Gasteiger partial charge in [-0.2, -0.15) is 0 Å². The molecule has 1 aromatic heterocycles. The molecule has 0 aliphatic heterocycles. The van der Waals surface area contributed by atoms with Gasteiger partial charge in [0.2, 0.25) is 10.0 Å². The van der Waals surface area contributed by atoms with Crippen molar-refractivity contribution in [3.8, 4) is 0 Å². The van der Waals surface area contributed by atoms with Crippen molar-refractivity contribution in [1.29, 1.82) is 0 Å². The SMILES string of the molecule is CNS(=O)(=O)c1ccc(C(=O)NCc2ccc(C)cc2)s1. The average molecular weight is 324 g/mol. The average Bonchev–Trinajstić information content (AvgIpc) is 2.97. The fourth-order valence-electron chi connectivity index (χ4n) is 1.66. The molecule has 0 aliphatic carbocycles. The number of amides is 1. The number of sulfonamides is 1. The first-order valence-corrected chi connectivity index (χ1v) is 8.59. The molecule has 0 saturated heterocycles. The second kappa shape index (κ2) is 6.38. The Morgan fingerprint density at radius 1 is 1.14 bits per heavy atom. The van der Waals surface area contributed by atoms with Gasteiger partial charge in [0.1, 0.15) is 4.21 Å². The minimum Gasteiger partial charge on any atom is -0.347 e. The molecule has 1 amide bonds. The Balaban J connectivity index is 2.02. The molecule has 0 bridgehead atoms. The van der Waals surface area contributed by atoms with E-state index in [9.17, 15) is 13.2 Å². The fraction of sp³-hybridized carbons (Fsp3) is 0.214. The lowest BCUT2D eigenvalue weighted by Crippen LogP contribution is -2.21. The van der Waals surface area contributed by atoms with Crippen LogP contribution in [0.5, 0.6) is 0 Å². The molecule has 2 aromatic rings. The third-order valence-electron chi connectivity index (χ3n) is 2.91. The first-order chi connectivity index (χ1) is 9.92. The molecule has 112 valence electrons. The van der Waals surface area contributed by atoms with Crippen LogP contribution in [0.1, 0.15) is 20.8 Å². The van der Waals surface area contributed by atoms with Crippen LogP contribution >= 0.6 is 11.3 Å². The summed E-state index contributed by atoms with van der Waals surface area (Å²) in [5, 5.41) is 2.77. The Morgan fingerprint density at radius 3 is 2.43 bits per heavy atom. The van der Waals surface area contributed by atoms with Crippen molar-refractivity contribution in [3.05, 3.63) is 52.4 Å². The topological polar surface area (TPSA) is 75.3 Å². The van der Waals surface area contributed by atoms with Crippen LogP contribution in [0.25, 0.3) is 0 Å². The van der Waals surface area contributed by atoms with Crippen molar-refractivity contribution < 1.29 is 13.2 Å². The monoisotopic (exact) mass is 324 g/mol. The van der Waals surface area contributed by atoms with Gasteiger partial charge in [0.25, 0.3) is 5.91 Å². The molecule has 0 spiro atoms. The van der Waals surface area contributed by atoms with Crippen molar-refractivity contribution in [2.45, 2.75) is 17.7 Å². The van der Waals surface area contributed by atoms with Gasteiger partial charge in [0.15, 0.2) is 0 Å². The highest BCUT2D eigenvalue weighted by atomic mass is 32.2. The highest BCUT2D eigenvalue weighted by Gasteiger charge is 2.17. The van der Waals surface area contributed by atoms with Crippen molar-refractivity contribution in [3.63, 3.8) is 0 Å². The van der Waals surface area contributed by atoms with E-state index >= 15 is 0 Å². The Bertz CT molecular complexity index is 734. The van der Waals surface area contributed by atoms with Crippen molar-refractivity contribution in [1.82, 2.24) is 10.0 Å². The summed E-state index contributed by atoms with van der Waals surface area (Å²) in [6.07, 6.45) is 0. The standard InChI is InChI=1S/C14H16N2O3S2/c1-10-3-5-11(6-4-10)9-16-14(17)12-7-8-13(20-12)21(18,19)15-2/h3-8,15H,9H2,1-2H3,(H,16,17). The van der Waals surface area contributed by atoms with E-state index in [-0.39, 0.29) is 10.1 Å². The molecule has 21 heavy (non-hydrogen) atoms. The van der Waals surface area contributed by atoms with Gasteiger partial charge in [-0.25, -0.2) is 13.1 Å². The summed E-state index contributed by atoms with van der Waals surface area (Å²) in [4.78, 5) is 12.4.